The molecular formula is C15H19N3O4S. The normalized spacial score (nSPS) is 16.7. The molecule has 8 heteroatoms. The van der Waals surface area contributed by atoms with Gasteiger partial charge < -0.3 is 25.2 Å². The van der Waals surface area contributed by atoms with Gasteiger partial charge in [0.05, 0.1) is 17.5 Å². The van der Waals surface area contributed by atoms with Crippen LogP contribution in [0.15, 0.2) is 0 Å². The molecule has 1 unspecified atom stereocenters. The summed E-state index contributed by atoms with van der Waals surface area (Å²) in [6.07, 6.45) is 0.871. The van der Waals surface area contributed by atoms with E-state index in [9.17, 15) is 15.0 Å². The third kappa shape index (κ3) is 2.51. The number of anilines is 1. The number of imidazole rings is 1. The molecule has 0 saturated carbocycles. The first-order valence-electron chi connectivity index (χ1n) is 7.40. The lowest BCUT2D eigenvalue weighted by atomic mass is 10.1. The Kier molecular flexibility index (Phi) is 4.11. The Labute approximate surface area is 137 Å². The van der Waals surface area contributed by atoms with Gasteiger partial charge in [-0.3, -0.25) is 4.79 Å². The third-order valence-corrected chi connectivity index (χ3v) is 5.29. The molecule has 1 aliphatic rings. The lowest BCUT2D eigenvalue weighted by Gasteiger charge is -2.12. The van der Waals surface area contributed by atoms with Crippen molar-refractivity contribution in [1.82, 2.24) is 9.55 Å². The summed E-state index contributed by atoms with van der Waals surface area (Å²) < 4.78 is 1.91. The van der Waals surface area contributed by atoms with Crippen LogP contribution < -0.4 is 5.32 Å². The minimum absolute atomic E-state index is 0.0214. The highest BCUT2D eigenvalue weighted by Gasteiger charge is 2.31. The van der Waals surface area contributed by atoms with Gasteiger partial charge in [0, 0.05) is 24.8 Å². The molecule has 0 saturated heterocycles. The predicted octanol–water partition coefficient (Wildman–Crippen LogP) is 1.88. The first kappa shape index (κ1) is 15.9. The average molecular weight is 337 g/mol. The molecule has 124 valence electrons. The quantitative estimate of drug-likeness (QED) is 0.501. The summed E-state index contributed by atoms with van der Waals surface area (Å²) in [5.41, 5.74) is 1.40. The van der Waals surface area contributed by atoms with Crippen molar-refractivity contribution in [2.24, 2.45) is 0 Å². The average Bonchev–Trinajstić information content (AvgIpc) is 3.06. The fourth-order valence-electron chi connectivity index (χ4n) is 3.00. The summed E-state index contributed by atoms with van der Waals surface area (Å²) in [5.74, 6) is 0.960. The number of thioether (sulfide) groups is 1. The van der Waals surface area contributed by atoms with Gasteiger partial charge in [0.1, 0.15) is 22.6 Å². The molecule has 0 aliphatic carbocycles. The highest BCUT2D eigenvalue weighted by Crippen LogP contribution is 2.47. The monoisotopic (exact) mass is 337 g/mol. The first-order chi connectivity index (χ1) is 11.0. The highest BCUT2D eigenvalue weighted by molar-refractivity contribution is 7.99. The van der Waals surface area contributed by atoms with Crippen LogP contribution in [0.25, 0.3) is 11.0 Å². The summed E-state index contributed by atoms with van der Waals surface area (Å²) in [7, 11) is 0. The van der Waals surface area contributed by atoms with Crippen LogP contribution in [0.2, 0.25) is 0 Å². The molecule has 4 N–H and O–H groups in total. The number of amides is 1. The number of nitrogens with zero attached hydrogens (tertiary/aromatic N) is 2. The number of carbonyl (C=O) groups excluding carboxylic acids is 1. The standard InChI is InChI=1S/C15H19N3O4S/c1-7-10(16-8(2)20)14(22)11-12(13(7)21)18-4-3-9(15(18)17-11)23-6-5-19/h9,19,21-22H,3-6H2,1-2H3,(H,16,20). The number of benzene rings is 1. The molecule has 7 nitrogen and oxygen atoms in total. The molecular weight excluding hydrogens is 318 g/mol. The van der Waals surface area contributed by atoms with Crippen molar-refractivity contribution in [3.05, 3.63) is 11.4 Å². The van der Waals surface area contributed by atoms with E-state index in [2.05, 4.69) is 10.3 Å². The van der Waals surface area contributed by atoms with E-state index in [1.807, 2.05) is 4.57 Å². The molecule has 1 aromatic heterocycles. The van der Waals surface area contributed by atoms with E-state index in [0.29, 0.717) is 28.9 Å². The van der Waals surface area contributed by atoms with Crippen molar-refractivity contribution in [2.75, 3.05) is 17.7 Å². The number of phenols is 2. The lowest BCUT2D eigenvalue weighted by molar-refractivity contribution is -0.114. The van der Waals surface area contributed by atoms with Gasteiger partial charge in [-0.15, -0.1) is 11.8 Å². The molecule has 23 heavy (non-hydrogen) atoms. The number of nitrogens with one attached hydrogen (secondary N) is 1. The molecule has 3 rings (SSSR count). The number of hydrogen-bond acceptors (Lipinski definition) is 6. The minimum Gasteiger partial charge on any atom is -0.505 e. The van der Waals surface area contributed by atoms with Crippen LogP contribution in [0.4, 0.5) is 5.69 Å². The molecule has 1 aromatic carbocycles. The van der Waals surface area contributed by atoms with Crippen molar-refractivity contribution in [1.29, 1.82) is 0 Å². The molecule has 1 aliphatic heterocycles. The van der Waals surface area contributed by atoms with Gasteiger partial charge in [-0.05, 0) is 13.3 Å². The Morgan fingerprint density at radius 2 is 2.17 bits per heavy atom. The van der Waals surface area contributed by atoms with E-state index >= 15 is 0 Å². The fourth-order valence-corrected chi connectivity index (χ4v) is 3.99. The number of carbonyl (C=O) groups is 1. The van der Waals surface area contributed by atoms with E-state index in [1.54, 1.807) is 18.7 Å². The second kappa shape index (κ2) is 5.93. The van der Waals surface area contributed by atoms with Crippen LogP contribution in [0.1, 0.15) is 30.0 Å². The zero-order chi connectivity index (χ0) is 16.7. The largest absolute Gasteiger partial charge is 0.505 e. The Bertz CT molecular complexity index is 787. The van der Waals surface area contributed by atoms with E-state index in [1.165, 1.54) is 6.92 Å². The second-order valence-corrected chi connectivity index (χ2v) is 6.88. The van der Waals surface area contributed by atoms with Crippen LogP contribution in [0, 0.1) is 6.92 Å². The minimum atomic E-state index is -0.328. The molecule has 0 fully saturated rings. The summed E-state index contributed by atoms with van der Waals surface area (Å²) >= 11 is 1.61. The summed E-state index contributed by atoms with van der Waals surface area (Å²) in [5, 5.41) is 32.7. The smallest absolute Gasteiger partial charge is 0.221 e. The van der Waals surface area contributed by atoms with Gasteiger partial charge in [-0.25, -0.2) is 4.98 Å². The van der Waals surface area contributed by atoms with Crippen LogP contribution in [-0.2, 0) is 11.3 Å². The predicted molar refractivity (Wildman–Crippen MR) is 89.0 cm³/mol. The number of aryl methyl sites for hydroxylation is 1. The van der Waals surface area contributed by atoms with Crippen LogP contribution in [0.3, 0.4) is 0 Å². The zero-order valence-corrected chi connectivity index (χ0v) is 13.8. The number of fused-ring (bicyclic) bond motifs is 3. The first-order valence-corrected chi connectivity index (χ1v) is 8.45. The van der Waals surface area contributed by atoms with Gasteiger partial charge in [-0.2, -0.15) is 0 Å². The number of aromatic nitrogens is 2. The number of rotatable bonds is 4. The van der Waals surface area contributed by atoms with Gasteiger partial charge >= 0.3 is 0 Å². The number of hydrogen-bond donors (Lipinski definition) is 4. The second-order valence-electron chi connectivity index (χ2n) is 5.57. The van der Waals surface area contributed by atoms with Gasteiger partial charge in [0.25, 0.3) is 0 Å². The number of aromatic hydroxyl groups is 2. The zero-order valence-electron chi connectivity index (χ0n) is 13.0. The molecule has 0 bridgehead atoms. The Morgan fingerprint density at radius 1 is 1.43 bits per heavy atom. The van der Waals surface area contributed by atoms with Crippen molar-refractivity contribution in [3.8, 4) is 11.5 Å². The van der Waals surface area contributed by atoms with Gasteiger partial charge in [0.15, 0.2) is 5.75 Å². The topological polar surface area (TPSA) is 108 Å². The summed E-state index contributed by atoms with van der Waals surface area (Å²) in [4.78, 5) is 15.8. The maximum atomic E-state index is 11.3. The van der Waals surface area contributed by atoms with Crippen LogP contribution >= 0.6 is 11.8 Å². The molecule has 0 spiro atoms. The maximum Gasteiger partial charge on any atom is 0.221 e. The Morgan fingerprint density at radius 3 is 2.83 bits per heavy atom. The fraction of sp³-hybridized carbons (Fsp3) is 0.467. The number of aliphatic hydroxyl groups is 1. The van der Waals surface area contributed by atoms with Crippen LogP contribution in [-0.4, -0.2) is 43.1 Å². The SMILES string of the molecule is CC(=O)Nc1c(C)c(O)c2c(nc3n2CCC3SCCO)c1O. The van der Waals surface area contributed by atoms with E-state index in [4.69, 9.17) is 5.11 Å². The molecule has 2 aromatic rings. The van der Waals surface area contributed by atoms with Gasteiger partial charge in [-0.1, -0.05) is 0 Å². The van der Waals surface area contributed by atoms with E-state index in [-0.39, 0.29) is 35.0 Å². The summed E-state index contributed by atoms with van der Waals surface area (Å²) in [6, 6.07) is 0. The molecule has 0 radical (unpaired) electrons. The third-order valence-electron chi connectivity index (χ3n) is 4.03. The molecule has 1 amide bonds. The Balaban J connectivity index is 2.16. The molecule has 1 atom stereocenters. The van der Waals surface area contributed by atoms with E-state index < -0.39 is 0 Å². The van der Waals surface area contributed by atoms with Crippen molar-refractivity contribution in [2.45, 2.75) is 32.1 Å². The van der Waals surface area contributed by atoms with Crippen molar-refractivity contribution >= 4 is 34.4 Å². The van der Waals surface area contributed by atoms with E-state index in [0.717, 1.165) is 12.2 Å². The number of aliphatic hydroxyl groups excluding tert-OH is 1. The van der Waals surface area contributed by atoms with Gasteiger partial charge in [0.2, 0.25) is 5.91 Å². The van der Waals surface area contributed by atoms with Crippen molar-refractivity contribution in [3.63, 3.8) is 0 Å². The van der Waals surface area contributed by atoms with Crippen LogP contribution in [0.5, 0.6) is 11.5 Å². The number of phenolic OH excluding ortho intramolecular Hbond substituents is 2. The maximum absolute atomic E-state index is 11.3. The highest BCUT2D eigenvalue weighted by atomic mass is 32.2. The summed E-state index contributed by atoms with van der Waals surface area (Å²) in [6.45, 7) is 3.78. The lowest BCUT2D eigenvalue weighted by Crippen LogP contribution is -2.08. The Hall–Kier alpha value is -1.93. The molecule has 2 heterocycles. The van der Waals surface area contributed by atoms with Crippen molar-refractivity contribution < 1.29 is 20.1 Å².